The minimum absolute atomic E-state index is 0.686. The van der Waals surface area contributed by atoms with Crippen LogP contribution in [0.5, 0.6) is 0 Å². The number of aryl methyl sites for hydroxylation is 1. The summed E-state index contributed by atoms with van der Waals surface area (Å²) in [6.45, 7) is 15.2. The Balaban J connectivity index is 1.54. The maximum atomic E-state index is 2.70. The first-order chi connectivity index (χ1) is 16.3. The van der Waals surface area contributed by atoms with Gasteiger partial charge in [-0.15, -0.1) is 0 Å². The molecule has 3 aromatic carbocycles. The smallest absolute Gasteiger partial charge is 0.0516 e. The van der Waals surface area contributed by atoms with Crippen molar-refractivity contribution in [1.29, 1.82) is 0 Å². The predicted molar refractivity (Wildman–Crippen MR) is 152 cm³/mol. The van der Waals surface area contributed by atoms with Gasteiger partial charge in [0.1, 0.15) is 0 Å². The van der Waals surface area contributed by atoms with Gasteiger partial charge in [-0.1, -0.05) is 101 Å². The van der Waals surface area contributed by atoms with Crippen molar-refractivity contribution in [3.63, 3.8) is 0 Å². The van der Waals surface area contributed by atoms with Gasteiger partial charge in [-0.25, -0.2) is 0 Å². The topological polar surface area (TPSA) is 0 Å². The van der Waals surface area contributed by atoms with Gasteiger partial charge in [0.25, 0.3) is 0 Å². The molecule has 5 atom stereocenters. The molecule has 3 aromatic rings. The minimum Gasteiger partial charge on any atom is -0.0805 e. The number of rotatable bonds is 4. The lowest BCUT2D eigenvalue weighted by atomic mass is 9.70. The molecule has 0 N–H and O–H groups in total. The SMILES string of the molecule is CCC(C)C[Si](C)(C)C1C(C)CC2C3=C(C=CC21)Cc1cccc2c(C)c4ccccc4c3c12. The lowest BCUT2D eigenvalue weighted by Crippen LogP contribution is -2.39. The van der Waals surface area contributed by atoms with E-state index in [-0.39, 0.29) is 0 Å². The first-order valence-electron chi connectivity index (χ1n) is 13.7. The normalized spacial score (nSPS) is 26.8. The second-order valence-corrected chi connectivity index (χ2v) is 17.5. The monoisotopic (exact) mass is 464 g/mol. The van der Waals surface area contributed by atoms with E-state index in [9.17, 15) is 0 Å². The lowest BCUT2D eigenvalue weighted by Gasteiger charge is -2.40. The van der Waals surface area contributed by atoms with E-state index in [1.54, 1.807) is 22.1 Å². The molecule has 3 aliphatic carbocycles. The Kier molecular flexibility index (Phi) is 5.23. The van der Waals surface area contributed by atoms with Gasteiger partial charge in [0.2, 0.25) is 0 Å². The van der Waals surface area contributed by atoms with Crippen molar-refractivity contribution < 1.29 is 0 Å². The second kappa shape index (κ2) is 7.95. The van der Waals surface area contributed by atoms with Crippen LogP contribution in [0.4, 0.5) is 0 Å². The molecular formula is C33H40Si. The van der Waals surface area contributed by atoms with E-state index in [2.05, 4.69) is 95.4 Å². The van der Waals surface area contributed by atoms with Crippen molar-refractivity contribution in [2.24, 2.45) is 23.7 Å². The standard InChI is InChI=1S/C33H40Si/c1-7-20(2)19-34(5,6)33-21(3)17-29-28(33)16-15-24-18-23-11-10-14-26-22(4)25-12-8-9-13-27(25)32(30(23)26)31(24)29/h8-16,20-21,28-29,33H,7,17-19H2,1-6H3. The molecule has 1 fully saturated rings. The average molecular weight is 465 g/mol. The summed E-state index contributed by atoms with van der Waals surface area (Å²) in [4.78, 5) is 0. The summed E-state index contributed by atoms with van der Waals surface area (Å²) in [5.41, 5.74) is 8.77. The molecule has 0 aromatic heterocycles. The first kappa shape index (κ1) is 22.3. The zero-order valence-electron chi connectivity index (χ0n) is 21.9. The number of benzene rings is 3. The third-order valence-corrected chi connectivity index (χ3v) is 14.4. The first-order valence-corrected chi connectivity index (χ1v) is 16.9. The van der Waals surface area contributed by atoms with E-state index in [0.29, 0.717) is 5.92 Å². The molecule has 3 aliphatic rings. The Morgan fingerprint density at radius 3 is 2.50 bits per heavy atom. The summed E-state index contributed by atoms with van der Waals surface area (Å²) in [5.74, 6) is 3.09. The molecule has 0 amide bonds. The van der Waals surface area contributed by atoms with Crippen molar-refractivity contribution in [3.8, 4) is 0 Å². The molecule has 1 heteroatoms. The fourth-order valence-corrected chi connectivity index (χ4v) is 14.0. The Morgan fingerprint density at radius 1 is 1.00 bits per heavy atom. The lowest BCUT2D eigenvalue weighted by molar-refractivity contribution is 0.531. The van der Waals surface area contributed by atoms with Crippen LogP contribution in [0, 0.1) is 30.6 Å². The summed E-state index contributed by atoms with van der Waals surface area (Å²) in [5, 5.41) is 5.95. The maximum Gasteiger partial charge on any atom is 0.0516 e. The number of hydrogen-bond donors (Lipinski definition) is 0. The van der Waals surface area contributed by atoms with Crippen LogP contribution >= 0.6 is 0 Å². The van der Waals surface area contributed by atoms with Crippen LogP contribution in [-0.2, 0) is 6.42 Å². The summed E-state index contributed by atoms with van der Waals surface area (Å²) >= 11 is 0. The number of allylic oxidation sites excluding steroid dienone is 4. The fourth-order valence-electron chi connectivity index (χ4n) is 8.57. The van der Waals surface area contributed by atoms with Crippen molar-refractivity contribution in [2.75, 3.05) is 0 Å². The molecule has 0 bridgehead atoms. The number of hydrogen-bond acceptors (Lipinski definition) is 0. The molecule has 0 spiro atoms. The van der Waals surface area contributed by atoms with Crippen LogP contribution in [0.15, 0.2) is 60.2 Å². The van der Waals surface area contributed by atoms with E-state index < -0.39 is 8.07 Å². The third-order valence-electron chi connectivity index (χ3n) is 9.88. The van der Waals surface area contributed by atoms with Gasteiger partial charge in [0.05, 0.1) is 8.07 Å². The van der Waals surface area contributed by atoms with Gasteiger partial charge in [-0.3, -0.25) is 0 Å². The maximum absolute atomic E-state index is 2.70. The molecule has 176 valence electrons. The zero-order chi connectivity index (χ0) is 23.8. The molecule has 0 radical (unpaired) electrons. The van der Waals surface area contributed by atoms with Crippen molar-refractivity contribution in [1.82, 2.24) is 0 Å². The molecule has 0 nitrogen and oxygen atoms in total. The molecule has 6 rings (SSSR count). The Hall–Kier alpha value is -2.12. The van der Waals surface area contributed by atoms with Gasteiger partial charge in [-0.2, -0.15) is 0 Å². The number of fused-ring (bicyclic) bond motifs is 5. The largest absolute Gasteiger partial charge is 0.0805 e. The Bertz CT molecular complexity index is 1350. The van der Waals surface area contributed by atoms with Crippen LogP contribution in [0.2, 0.25) is 24.7 Å². The fraction of sp³-hybridized carbons (Fsp3) is 0.455. The van der Waals surface area contributed by atoms with Gasteiger partial charge in [0.15, 0.2) is 0 Å². The third kappa shape index (κ3) is 3.15. The molecule has 0 heterocycles. The van der Waals surface area contributed by atoms with E-state index in [1.165, 1.54) is 46.2 Å². The minimum atomic E-state index is -1.35. The molecule has 0 saturated heterocycles. The van der Waals surface area contributed by atoms with Crippen LogP contribution in [0.3, 0.4) is 0 Å². The van der Waals surface area contributed by atoms with Gasteiger partial charge < -0.3 is 0 Å². The van der Waals surface area contributed by atoms with Crippen LogP contribution in [0.25, 0.3) is 27.1 Å². The highest BCUT2D eigenvalue weighted by Gasteiger charge is 2.51. The summed E-state index contributed by atoms with van der Waals surface area (Å²) in [6.07, 6.45) is 9.02. The Morgan fingerprint density at radius 2 is 1.74 bits per heavy atom. The predicted octanol–water partition coefficient (Wildman–Crippen LogP) is 9.58. The highest BCUT2D eigenvalue weighted by atomic mass is 28.3. The van der Waals surface area contributed by atoms with Crippen LogP contribution in [0.1, 0.15) is 50.3 Å². The second-order valence-electron chi connectivity index (χ2n) is 12.5. The van der Waals surface area contributed by atoms with Gasteiger partial charge >= 0.3 is 0 Å². The molecule has 5 unspecified atom stereocenters. The highest BCUT2D eigenvalue weighted by Crippen LogP contribution is 2.60. The molecule has 34 heavy (non-hydrogen) atoms. The van der Waals surface area contributed by atoms with E-state index >= 15 is 0 Å². The average Bonchev–Trinajstić information content (AvgIpc) is 3.18. The zero-order valence-corrected chi connectivity index (χ0v) is 22.9. The highest BCUT2D eigenvalue weighted by molar-refractivity contribution is 6.79. The van der Waals surface area contributed by atoms with E-state index in [4.69, 9.17) is 0 Å². The molecule has 1 saturated carbocycles. The van der Waals surface area contributed by atoms with Gasteiger partial charge in [-0.05, 0) is 98.4 Å². The van der Waals surface area contributed by atoms with Crippen LogP contribution < -0.4 is 0 Å². The molecule has 0 aliphatic heterocycles. The van der Waals surface area contributed by atoms with Crippen molar-refractivity contribution >= 4 is 35.2 Å². The quantitative estimate of drug-likeness (QED) is 0.266. The Labute approximate surface area is 207 Å². The van der Waals surface area contributed by atoms with E-state index in [0.717, 1.165) is 29.7 Å². The van der Waals surface area contributed by atoms with E-state index in [1.807, 2.05) is 0 Å². The van der Waals surface area contributed by atoms with Gasteiger partial charge in [0, 0.05) is 0 Å². The van der Waals surface area contributed by atoms with Crippen molar-refractivity contribution in [2.45, 2.75) is 71.6 Å². The van der Waals surface area contributed by atoms with Crippen molar-refractivity contribution in [3.05, 3.63) is 76.9 Å². The summed E-state index contributed by atoms with van der Waals surface area (Å²) < 4.78 is 0. The molecular weight excluding hydrogens is 424 g/mol. The summed E-state index contributed by atoms with van der Waals surface area (Å²) in [7, 11) is -1.35. The summed E-state index contributed by atoms with van der Waals surface area (Å²) in [6, 6.07) is 17.7. The van der Waals surface area contributed by atoms with Crippen LogP contribution in [-0.4, -0.2) is 8.07 Å².